The molecule has 14 heavy (non-hydrogen) atoms. The van der Waals surface area contributed by atoms with E-state index in [1.54, 1.807) is 0 Å². The van der Waals surface area contributed by atoms with E-state index in [9.17, 15) is 9.59 Å². The van der Waals surface area contributed by atoms with Crippen LogP contribution in [0.5, 0.6) is 0 Å². The number of unbranched alkanes of at least 4 members (excludes halogenated alkanes) is 2. The zero-order valence-corrected chi connectivity index (χ0v) is 8.97. The Bertz CT molecular complexity index is 355. The minimum Gasteiger partial charge on any atom is -0.313 e. The molecule has 1 aromatic rings. The van der Waals surface area contributed by atoms with Crippen molar-refractivity contribution in [2.45, 2.75) is 26.2 Å². The first-order valence-corrected chi connectivity index (χ1v) is 5.64. The van der Waals surface area contributed by atoms with E-state index in [4.69, 9.17) is 0 Å². The van der Waals surface area contributed by atoms with Crippen LogP contribution in [-0.2, 0) is 0 Å². The molecular weight excluding hydrogens is 200 g/mol. The van der Waals surface area contributed by atoms with Crippen LogP contribution in [-0.4, -0.2) is 14.7 Å². The monoisotopic (exact) mass is 214 g/mol. The summed E-state index contributed by atoms with van der Waals surface area (Å²) in [7, 11) is 0. The van der Waals surface area contributed by atoms with Gasteiger partial charge >= 0.3 is 5.69 Å². The second kappa shape index (κ2) is 5.70. The number of H-pyrrole nitrogens is 1. The molecule has 0 bridgehead atoms. The second-order valence-corrected chi connectivity index (χ2v) is 3.99. The molecule has 1 N–H and O–H groups in total. The first kappa shape index (κ1) is 11.1. The topological polar surface area (TPSA) is 54.9 Å². The van der Waals surface area contributed by atoms with Crippen molar-refractivity contribution < 1.29 is 0 Å². The van der Waals surface area contributed by atoms with E-state index in [2.05, 4.69) is 11.9 Å². The van der Waals surface area contributed by atoms with Crippen molar-refractivity contribution in [1.29, 1.82) is 0 Å². The maximum Gasteiger partial charge on any atom is 0.338 e. The molecular formula is C9H14N2O2S. The highest BCUT2D eigenvalue weighted by molar-refractivity contribution is 7.97. The molecule has 1 heterocycles. The van der Waals surface area contributed by atoms with Gasteiger partial charge in [0.05, 0.1) is 0 Å². The molecule has 0 saturated carbocycles. The van der Waals surface area contributed by atoms with Gasteiger partial charge in [0.1, 0.15) is 0 Å². The molecule has 0 unspecified atom stereocenters. The van der Waals surface area contributed by atoms with Gasteiger partial charge in [-0.25, -0.2) is 8.77 Å². The predicted octanol–water partition coefficient (Wildman–Crippen LogP) is 1.22. The molecule has 78 valence electrons. The fraction of sp³-hybridized carbons (Fsp3) is 0.556. The Labute approximate surface area is 86.5 Å². The van der Waals surface area contributed by atoms with Gasteiger partial charge in [-0.15, -0.1) is 0 Å². The summed E-state index contributed by atoms with van der Waals surface area (Å²) in [4.78, 5) is 24.9. The molecule has 1 rings (SSSR count). The van der Waals surface area contributed by atoms with Crippen LogP contribution in [0.4, 0.5) is 0 Å². The lowest BCUT2D eigenvalue weighted by atomic mass is 10.3. The van der Waals surface area contributed by atoms with Gasteiger partial charge in [-0.05, 0) is 18.4 Å². The number of hydrogen-bond donors (Lipinski definition) is 1. The Morgan fingerprint density at radius 3 is 2.86 bits per heavy atom. The van der Waals surface area contributed by atoms with Crippen LogP contribution in [0.3, 0.4) is 0 Å². The average molecular weight is 214 g/mol. The third-order valence-electron chi connectivity index (χ3n) is 1.79. The zero-order valence-electron chi connectivity index (χ0n) is 8.16. The molecule has 0 aliphatic heterocycles. The van der Waals surface area contributed by atoms with E-state index < -0.39 is 0 Å². The maximum absolute atomic E-state index is 11.2. The molecule has 0 spiro atoms. The highest BCUT2D eigenvalue weighted by atomic mass is 32.2. The summed E-state index contributed by atoms with van der Waals surface area (Å²) in [5.41, 5.74) is -0.603. The van der Waals surface area contributed by atoms with Crippen LogP contribution >= 0.6 is 11.9 Å². The van der Waals surface area contributed by atoms with Crippen molar-refractivity contribution in [2.75, 3.05) is 5.75 Å². The van der Waals surface area contributed by atoms with Gasteiger partial charge in [0.25, 0.3) is 5.56 Å². The standard InChI is InChI=1S/C9H14N2O2S/c1-2-3-4-7-14-11-8(12)5-6-10-9(11)13/h5-6H,2-4,7H2,1H3,(H,10,13). The summed E-state index contributed by atoms with van der Waals surface area (Å²) in [5, 5.41) is 0. The molecule has 0 aliphatic carbocycles. The van der Waals surface area contributed by atoms with E-state index in [1.807, 2.05) is 0 Å². The lowest BCUT2D eigenvalue weighted by Gasteiger charge is -2.01. The minimum atomic E-state index is -0.348. The van der Waals surface area contributed by atoms with Gasteiger partial charge in [0.2, 0.25) is 0 Å². The van der Waals surface area contributed by atoms with Gasteiger partial charge in [-0.1, -0.05) is 19.8 Å². The lowest BCUT2D eigenvalue weighted by molar-refractivity contribution is 0.776. The smallest absolute Gasteiger partial charge is 0.313 e. The number of hydrogen-bond acceptors (Lipinski definition) is 3. The molecule has 0 atom stereocenters. The predicted molar refractivity (Wildman–Crippen MR) is 58.7 cm³/mol. The van der Waals surface area contributed by atoms with Crippen molar-refractivity contribution >= 4 is 11.9 Å². The first-order chi connectivity index (χ1) is 6.75. The lowest BCUT2D eigenvalue weighted by Crippen LogP contribution is -2.29. The van der Waals surface area contributed by atoms with E-state index in [-0.39, 0.29) is 11.2 Å². The highest BCUT2D eigenvalue weighted by Crippen LogP contribution is 2.04. The van der Waals surface area contributed by atoms with Gasteiger partial charge < -0.3 is 4.98 Å². The van der Waals surface area contributed by atoms with E-state index in [0.717, 1.165) is 29.0 Å². The van der Waals surface area contributed by atoms with Gasteiger partial charge in [0, 0.05) is 18.0 Å². The Hall–Kier alpha value is -0.970. The largest absolute Gasteiger partial charge is 0.338 e. The van der Waals surface area contributed by atoms with Gasteiger partial charge in [0.15, 0.2) is 0 Å². The van der Waals surface area contributed by atoms with Gasteiger partial charge in [-0.2, -0.15) is 0 Å². The molecule has 0 aromatic carbocycles. The number of nitrogens with zero attached hydrogens (tertiary/aromatic N) is 1. The summed E-state index contributed by atoms with van der Waals surface area (Å²) >= 11 is 1.27. The van der Waals surface area contributed by atoms with Crippen LogP contribution in [0.1, 0.15) is 26.2 Å². The SMILES string of the molecule is CCCCCSn1c(=O)cc[nH]c1=O. The van der Waals surface area contributed by atoms with E-state index in [0.29, 0.717) is 0 Å². The molecule has 5 heteroatoms. The average Bonchev–Trinajstić information content (AvgIpc) is 2.16. The van der Waals surface area contributed by atoms with Crippen molar-refractivity contribution in [3.8, 4) is 0 Å². The fourth-order valence-corrected chi connectivity index (χ4v) is 1.91. The first-order valence-electron chi connectivity index (χ1n) is 4.69. The van der Waals surface area contributed by atoms with Crippen LogP contribution in [0.25, 0.3) is 0 Å². The Balaban J connectivity index is 2.59. The van der Waals surface area contributed by atoms with Crippen LogP contribution in [0.15, 0.2) is 21.9 Å². The molecule has 0 saturated heterocycles. The molecule has 0 aliphatic rings. The highest BCUT2D eigenvalue weighted by Gasteiger charge is 1.99. The molecule has 0 fully saturated rings. The number of aromatic nitrogens is 2. The van der Waals surface area contributed by atoms with Crippen molar-refractivity contribution in [1.82, 2.24) is 8.96 Å². The summed E-state index contributed by atoms with van der Waals surface area (Å²) in [6.07, 6.45) is 4.67. The summed E-state index contributed by atoms with van der Waals surface area (Å²) in [6, 6.07) is 1.36. The molecule has 4 nitrogen and oxygen atoms in total. The van der Waals surface area contributed by atoms with E-state index >= 15 is 0 Å². The summed E-state index contributed by atoms with van der Waals surface area (Å²) in [6.45, 7) is 2.12. The van der Waals surface area contributed by atoms with Crippen molar-refractivity contribution in [3.63, 3.8) is 0 Å². The van der Waals surface area contributed by atoms with Crippen molar-refractivity contribution in [2.24, 2.45) is 0 Å². The van der Waals surface area contributed by atoms with Crippen molar-refractivity contribution in [3.05, 3.63) is 33.1 Å². The maximum atomic E-state index is 11.2. The molecule has 0 radical (unpaired) electrons. The molecule has 0 amide bonds. The Morgan fingerprint density at radius 1 is 1.43 bits per heavy atom. The second-order valence-electron chi connectivity index (χ2n) is 2.96. The Kier molecular flexibility index (Phi) is 4.52. The zero-order chi connectivity index (χ0) is 10.4. The quantitative estimate of drug-likeness (QED) is 0.750. The summed E-state index contributed by atoms with van der Waals surface area (Å²) in [5.74, 6) is 0.806. The Morgan fingerprint density at radius 2 is 2.21 bits per heavy atom. The minimum absolute atomic E-state index is 0.254. The van der Waals surface area contributed by atoms with Crippen LogP contribution < -0.4 is 11.2 Å². The normalized spacial score (nSPS) is 10.4. The third-order valence-corrected chi connectivity index (χ3v) is 2.86. The van der Waals surface area contributed by atoms with E-state index in [1.165, 1.54) is 24.2 Å². The number of nitrogens with one attached hydrogen (secondary N) is 1. The number of aromatic amines is 1. The molecule has 1 aromatic heterocycles. The summed E-state index contributed by atoms with van der Waals surface area (Å²) < 4.78 is 1.16. The van der Waals surface area contributed by atoms with Crippen LogP contribution in [0, 0.1) is 0 Å². The third kappa shape index (κ3) is 3.06. The van der Waals surface area contributed by atoms with Crippen LogP contribution in [0.2, 0.25) is 0 Å². The van der Waals surface area contributed by atoms with Gasteiger partial charge in [-0.3, -0.25) is 4.79 Å². The fourth-order valence-electron chi connectivity index (χ4n) is 1.04. The number of rotatable bonds is 5.